The zero-order chi connectivity index (χ0) is 14.1. The number of anilines is 1. The van der Waals surface area contributed by atoms with Crippen molar-refractivity contribution in [2.75, 3.05) is 11.9 Å². The minimum atomic E-state index is -0.375. The number of hydrogen-bond acceptors (Lipinski definition) is 6. The second-order valence-electron chi connectivity index (χ2n) is 5.27. The van der Waals surface area contributed by atoms with Gasteiger partial charge in [-0.1, -0.05) is 0 Å². The molecule has 6 nitrogen and oxygen atoms in total. The van der Waals surface area contributed by atoms with E-state index in [2.05, 4.69) is 15.3 Å². The molecule has 0 radical (unpaired) electrons. The predicted octanol–water partition coefficient (Wildman–Crippen LogP) is 1.69. The molecule has 2 aliphatic rings. The number of nitrogens with one attached hydrogen (secondary N) is 1. The summed E-state index contributed by atoms with van der Waals surface area (Å²) in [5.41, 5.74) is 1.05. The lowest BCUT2D eigenvalue weighted by Gasteiger charge is -2.20. The number of nitrogens with zero attached hydrogens (tertiary/aromatic N) is 2. The Kier molecular flexibility index (Phi) is 3.56. The largest absolute Gasteiger partial charge is 0.462 e. The molecule has 108 valence electrons. The second-order valence-corrected chi connectivity index (χ2v) is 5.27. The number of fused-ring (bicyclic) bond motifs is 2. The van der Waals surface area contributed by atoms with E-state index in [4.69, 9.17) is 9.47 Å². The first-order valence-electron chi connectivity index (χ1n) is 7.10. The second kappa shape index (κ2) is 5.36. The van der Waals surface area contributed by atoms with Crippen LogP contribution in [0.5, 0.6) is 0 Å². The van der Waals surface area contributed by atoms with Gasteiger partial charge in [-0.2, -0.15) is 0 Å². The van der Waals surface area contributed by atoms with E-state index in [-0.39, 0.29) is 18.1 Å². The van der Waals surface area contributed by atoms with Crippen LogP contribution >= 0.6 is 0 Å². The summed E-state index contributed by atoms with van der Waals surface area (Å²) in [6.45, 7) is 3.91. The summed E-state index contributed by atoms with van der Waals surface area (Å²) >= 11 is 0. The molecule has 0 aromatic carbocycles. The molecular formula is C14H19N3O3. The van der Waals surface area contributed by atoms with Gasteiger partial charge in [-0.3, -0.25) is 0 Å². The fourth-order valence-corrected chi connectivity index (χ4v) is 2.90. The molecular weight excluding hydrogens is 258 g/mol. The van der Waals surface area contributed by atoms with Gasteiger partial charge < -0.3 is 14.8 Å². The first-order chi connectivity index (χ1) is 9.67. The summed E-state index contributed by atoms with van der Waals surface area (Å²) in [6.07, 6.45) is 5.45. The van der Waals surface area contributed by atoms with Crippen molar-refractivity contribution < 1.29 is 14.3 Å². The van der Waals surface area contributed by atoms with Crippen LogP contribution in [0.15, 0.2) is 6.20 Å². The molecule has 2 fully saturated rings. The van der Waals surface area contributed by atoms with Crippen LogP contribution in [0.1, 0.15) is 42.2 Å². The lowest BCUT2D eigenvalue weighted by molar-refractivity contribution is 0.0524. The summed E-state index contributed by atoms with van der Waals surface area (Å²) in [5.74, 6) is 0.177. The van der Waals surface area contributed by atoms with E-state index < -0.39 is 0 Å². The molecule has 3 atom stereocenters. The number of carbonyl (C=O) groups excluding carboxylic acids is 1. The molecule has 3 unspecified atom stereocenters. The van der Waals surface area contributed by atoms with Crippen molar-refractivity contribution in [1.82, 2.24) is 9.97 Å². The van der Waals surface area contributed by atoms with Crippen LogP contribution in [-0.2, 0) is 9.47 Å². The highest BCUT2D eigenvalue weighted by Crippen LogP contribution is 2.35. The zero-order valence-corrected chi connectivity index (χ0v) is 11.8. The summed E-state index contributed by atoms with van der Waals surface area (Å²) in [7, 11) is 0. The Morgan fingerprint density at radius 2 is 2.40 bits per heavy atom. The third kappa shape index (κ3) is 2.47. The molecule has 0 amide bonds. The van der Waals surface area contributed by atoms with Crippen LogP contribution in [0.25, 0.3) is 0 Å². The van der Waals surface area contributed by atoms with Crippen molar-refractivity contribution in [3.8, 4) is 0 Å². The molecule has 2 bridgehead atoms. The van der Waals surface area contributed by atoms with Gasteiger partial charge in [0.15, 0.2) is 0 Å². The van der Waals surface area contributed by atoms with Crippen LogP contribution in [-0.4, -0.2) is 40.8 Å². The molecule has 3 rings (SSSR count). The quantitative estimate of drug-likeness (QED) is 0.844. The van der Waals surface area contributed by atoms with Gasteiger partial charge in [0.05, 0.1) is 36.1 Å². The smallest absolute Gasteiger partial charge is 0.341 e. The molecule has 0 spiro atoms. The summed E-state index contributed by atoms with van der Waals surface area (Å²) in [4.78, 5) is 20.2. The molecule has 0 saturated carbocycles. The van der Waals surface area contributed by atoms with Crippen LogP contribution in [0.3, 0.4) is 0 Å². The Hall–Kier alpha value is -1.69. The van der Waals surface area contributed by atoms with Crippen LogP contribution in [0.4, 0.5) is 5.95 Å². The molecule has 1 aromatic rings. The molecule has 6 heteroatoms. The molecule has 2 aliphatic heterocycles. The van der Waals surface area contributed by atoms with Crippen molar-refractivity contribution in [2.24, 2.45) is 0 Å². The molecule has 1 N–H and O–H groups in total. The molecule has 1 aromatic heterocycles. The number of hydrogen-bond donors (Lipinski definition) is 1. The van der Waals surface area contributed by atoms with Gasteiger partial charge in [0.1, 0.15) is 0 Å². The topological polar surface area (TPSA) is 73.3 Å². The van der Waals surface area contributed by atoms with Crippen LogP contribution in [0.2, 0.25) is 0 Å². The van der Waals surface area contributed by atoms with Crippen molar-refractivity contribution >= 4 is 11.9 Å². The van der Waals surface area contributed by atoms with E-state index in [1.165, 1.54) is 6.20 Å². The Bertz CT molecular complexity index is 520. The normalized spacial score (nSPS) is 27.6. The average Bonchev–Trinajstić information content (AvgIpc) is 3.01. The number of aromatic nitrogens is 2. The standard InChI is InChI=1S/C14H19N3O3/c1-3-19-13(18)10-7-15-14(16-8(10)2)17-11-6-9-4-5-12(11)20-9/h7,9,11-12H,3-6H2,1-2H3,(H,15,16,17). The molecule has 0 aliphatic carbocycles. The van der Waals surface area contributed by atoms with Gasteiger partial charge in [0.2, 0.25) is 5.95 Å². The van der Waals surface area contributed by atoms with Gasteiger partial charge >= 0.3 is 5.97 Å². The minimum absolute atomic E-state index is 0.272. The fraction of sp³-hybridized carbons (Fsp3) is 0.643. The van der Waals surface area contributed by atoms with Crippen LogP contribution < -0.4 is 5.32 Å². The first kappa shape index (κ1) is 13.3. The maximum Gasteiger partial charge on any atom is 0.341 e. The summed E-state index contributed by atoms with van der Waals surface area (Å²) in [6, 6.07) is 0.279. The SMILES string of the molecule is CCOC(=O)c1cnc(NC2CC3CCC2O3)nc1C. The molecule has 2 saturated heterocycles. The third-order valence-corrected chi connectivity index (χ3v) is 3.90. The van der Waals surface area contributed by atoms with E-state index >= 15 is 0 Å². The van der Waals surface area contributed by atoms with Crippen LogP contribution in [0, 0.1) is 6.92 Å². The summed E-state index contributed by atoms with van der Waals surface area (Å²) < 4.78 is 10.8. The van der Waals surface area contributed by atoms with Gasteiger partial charge in [0, 0.05) is 6.20 Å². The Morgan fingerprint density at radius 1 is 1.55 bits per heavy atom. The monoisotopic (exact) mass is 277 g/mol. The maximum atomic E-state index is 11.7. The lowest BCUT2D eigenvalue weighted by atomic mass is 9.96. The fourth-order valence-electron chi connectivity index (χ4n) is 2.90. The van der Waals surface area contributed by atoms with E-state index in [0.29, 0.717) is 29.9 Å². The number of rotatable bonds is 4. The van der Waals surface area contributed by atoms with Crippen molar-refractivity contribution in [3.05, 3.63) is 17.5 Å². The zero-order valence-electron chi connectivity index (χ0n) is 11.8. The van der Waals surface area contributed by atoms with Gasteiger partial charge in [-0.15, -0.1) is 0 Å². The highest BCUT2D eigenvalue weighted by molar-refractivity contribution is 5.90. The maximum absolute atomic E-state index is 11.7. The number of carbonyl (C=O) groups is 1. The Balaban J connectivity index is 1.69. The lowest BCUT2D eigenvalue weighted by Crippen LogP contribution is -2.31. The third-order valence-electron chi connectivity index (χ3n) is 3.90. The molecule has 3 heterocycles. The predicted molar refractivity (Wildman–Crippen MR) is 72.6 cm³/mol. The van der Waals surface area contributed by atoms with Gasteiger partial charge in [-0.05, 0) is 33.1 Å². The van der Waals surface area contributed by atoms with E-state index in [9.17, 15) is 4.79 Å². The molecule has 20 heavy (non-hydrogen) atoms. The van der Waals surface area contributed by atoms with Gasteiger partial charge in [0.25, 0.3) is 0 Å². The first-order valence-corrected chi connectivity index (χ1v) is 7.10. The van der Waals surface area contributed by atoms with E-state index in [0.717, 1.165) is 19.3 Å². The highest BCUT2D eigenvalue weighted by Gasteiger charge is 2.41. The summed E-state index contributed by atoms with van der Waals surface area (Å²) in [5, 5.41) is 3.31. The van der Waals surface area contributed by atoms with Crippen molar-refractivity contribution in [2.45, 2.75) is 51.4 Å². The van der Waals surface area contributed by atoms with Crippen molar-refractivity contribution in [3.63, 3.8) is 0 Å². The number of aryl methyl sites for hydroxylation is 1. The average molecular weight is 277 g/mol. The van der Waals surface area contributed by atoms with Gasteiger partial charge in [-0.25, -0.2) is 14.8 Å². The number of ether oxygens (including phenoxy) is 2. The van der Waals surface area contributed by atoms with E-state index in [1.807, 2.05) is 0 Å². The minimum Gasteiger partial charge on any atom is -0.462 e. The Morgan fingerprint density at radius 3 is 3.00 bits per heavy atom. The number of esters is 1. The Labute approximate surface area is 117 Å². The van der Waals surface area contributed by atoms with Crippen molar-refractivity contribution in [1.29, 1.82) is 0 Å². The van der Waals surface area contributed by atoms with E-state index in [1.54, 1.807) is 13.8 Å². The highest BCUT2D eigenvalue weighted by atomic mass is 16.5.